The van der Waals surface area contributed by atoms with Crippen molar-refractivity contribution < 1.29 is 17.9 Å². The van der Waals surface area contributed by atoms with Crippen LogP contribution in [0.25, 0.3) is 0 Å². The summed E-state index contributed by atoms with van der Waals surface area (Å²) in [5.74, 6) is 0. The van der Waals surface area contributed by atoms with E-state index in [0.717, 1.165) is 0 Å². The van der Waals surface area contributed by atoms with Crippen LogP contribution in [0.3, 0.4) is 0 Å². The Balaban J connectivity index is 3.45. The van der Waals surface area contributed by atoms with Crippen LogP contribution in [0.1, 0.15) is 26.7 Å². The van der Waals surface area contributed by atoms with Gasteiger partial charge in [0.15, 0.2) is 0 Å². The third kappa shape index (κ3) is 7.15. The maximum atomic E-state index is 11.7. The van der Waals surface area contributed by atoms with Crippen molar-refractivity contribution in [3.63, 3.8) is 0 Å². The summed E-state index contributed by atoms with van der Waals surface area (Å²) in [5.41, 5.74) is 0. The number of halogens is 3. The molecule has 0 spiro atoms. The minimum absolute atomic E-state index is 0.0320. The molecule has 86 valence electrons. The molecule has 0 fully saturated rings. The minimum atomic E-state index is -4.07. The van der Waals surface area contributed by atoms with Crippen LogP contribution in [0.2, 0.25) is 0 Å². The first-order chi connectivity index (χ1) is 6.37. The molecule has 0 aliphatic heterocycles. The van der Waals surface area contributed by atoms with Gasteiger partial charge in [0, 0.05) is 19.1 Å². The van der Waals surface area contributed by atoms with Crippen molar-refractivity contribution in [3.05, 3.63) is 0 Å². The number of alkyl halides is 3. The molecule has 0 aliphatic rings. The molecule has 5 heteroatoms. The Hall–Kier alpha value is -0.290. The molecule has 0 aromatic carbocycles. The van der Waals surface area contributed by atoms with Crippen LogP contribution in [0.15, 0.2) is 0 Å². The minimum Gasteiger partial charge on any atom is -0.377 e. The Kier molecular flexibility index (Phi) is 6.11. The highest BCUT2D eigenvalue weighted by molar-refractivity contribution is 4.65. The lowest BCUT2D eigenvalue weighted by Crippen LogP contribution is -2.34. The predicted molar refractivity (Wildman–Crippen MR) is 49.2 cm³/mol. The van der Waals surface area contributed by atoms with Crippen molar-refractivity contribution in [2.75, 3.05) is 13.7 Å². The zero-order valence-corrected chi connectivity index (χ0v) is 8.82. The van der Waals surface area contributed by atoms with Crippen molar-refractivity contribution in [1.82, 2.24) is 5.32 Å². The van der Waals surface area contributed by atoms with E-state index in [9.17, 15) is 13.2 Å². The molecule has 0 aliphatic carbocycles. The van der Waals surface area contributed by atoms with Crippen molar-refractivity contribution >= 4 is 0 Å². The lowest BCUT2D eigenvalue weighted by atomic mass is 10.2. The van der Waals surface area contributed by atoms with Gasteiger partial charge in [0.2, 0.25) is 0 Å². The standard InChI is InChI=1S/C9H18F3NO/c1-7(13-3)8(2)14-6-4-5-9(10,11)12/h7-8,13H,4-6H2,1-3H3. The molecule has 14 heavy (non-hydrogen) atoms. The van der Waals surface area contributed by atoms with Crippen molar-refractivity contribution in [2.45, 2.75) is 45.0 Å². The summed E-state index contributed by atoms with van der Waals surface area (Å²) in [5, 5.41) is 2.97. The Morgan fingerprint density at radius 1 is 1.29 bits per heavy atom. The van der Waals surface area contributed by atoms with Crippen LogP contribution in [0.5, 0.6) is 0 Å². The maximum Gasteiger partial charge on any atom is 0.389 e. The normalized spacial score (nSPS) is 16.7. The third-order valence-electron chi connectivity index (χ3n) is 2.14. The molecule has 0 saturated carbocycles. The van der Waals surface area contributed by atoms with Gasteiger partial charge in [-0.05, 0) is 27.3 Å². The van der Waals surface area contributed by atoms with E-state index in [1.807, 2.05) is 13.8 Å². The summed E-state index contributed by atoms with van der Waals surface area (Å²) in [6, 6.07) is 0.154. The number of hydrogen-bond donors (Lipinski definition) is 1. The van der Waals surface area contributed by atoms with Crippen molar-refractivity contribution in [1.29, 1.82) is 0 Å². The monoisotopic (exact) mass is 213 g/mol. The highest BCUT2D eigenvalue weighted by Crippen LogP contribution is 2.21. The van der Waals surface area contributed by atoms with E-state index in [2.05, 4.69) is 5.32 Å². The number of ether oxygens (including phenoxy) is 1. The summed E-state index contributed by atoms with van der Waals surface area (Å²) < 4.78 is 40.4. The maximum absolute atomic E-state index is 11.7. The van der Waals surface area contributed by atoms with Gasteiger partial charge in [0.25, 0.3) is 0 Å². The first-order valence-corrected chi connectivity index (χ1v) is 4.72. The van der Waals surface area contributed by atoms with Crippen molar-refractivity contribution in [2.24, 2.45) is 0 Å². The molecule has 0 aromatic heterocycles. The van der Waals surface area contributed by atoms with Gasteiger partial charge in [-0.1, -0.05) is 0 Å². The Morgan fingerprint density at radius 2 is 1.86 bits per heavy atom. The molecule has 2 unspecified atom stereocenters. The molecule has 0 radical (unpaired) electrons. The molecule has 0 saturated heterocycles. The predicted octanol–water partition coefficient (Wildman–Crippen LogP) is 2.34. The largest absolute Gasteiger partial charge is 0.389 e. The number of nitrogens with one attached hydrogen (secondary N) is 1. The molecule has 0 bridgehead atoms. The summed E-state index contributed by atoms with van der Waals surface area (Å²) >= 11 is 0. The van der Waals surface area contributed by atoms with E-state index < -0.39 is 12.6 Å². The zero-order valence-electron chi connectivity index (χ0n) is 8.82. The fourth-order valence-electron chi connectivity index (χ4n) is 0.921. The SMILES string of the molecule is CNC(C)C(C)OCCCC(F)(F)F. The second-order valence-electron chi connectivity index (χ2n) is 3.37. The average molecular weight is 213 g/mol. The van der Waals surface area contributed by atoms with E-state index in [0.29, 0.717) is 0 Å². The summed E-state index contributed by atoms with van der Waals surface area (Å²) in [4.78, 5) is 0. The van der Waals surface area contributed by atoms with E-state index >= 15 is 0 Å². The number of hydrogen-bond acceptors (Lipinski definition) is 2. The molecule has 2 atom stereocenters. The van der Waals surface area contributed by atoms with E-state index in [-0.39, 0.29) is 25.2 Å². The van der Waals surface area contributed by atoms with Crippen LogP contribution in [0.4, 0.5) is 13.2 Å². The Labute approximate surface area is 82.8 Å². The lowest BCUT2D eigenvalue weighted by Gasteiger charge is -2.19. The van der Waals surface area contributed by atoms with Crippen molar-refractivity contribution in [3.8, 4) is 0 Å². The van der Waals surface area contributed by atoms with E-state index in [1.165, 1.54) is 0 Å². The molecular weight excluding hydrogens is 195 g/mol. The molecule has 1 N–H and O–H groups in total. The van der Waals surface area contributed by atoms with Gasteiger partial charge in [0.1, 0.15) is 0 Å². The fraction of sp³-hybridized carbons (Fsp3) is 1.00. The summed E-state index contributed by atoms with van der Waals surface area (Å²) in [7, 11) is 1.79. The topological polar surface area (TPSA) is 21.3 Å². The van der Waals surface area contributed by atoms with Crippen LogP contribution < -0.4 is 5.32 Å². The highest BCUT2D eigenvalue weighted by Gasteiger charge is 2.26. The highest BCUT2D eigenvalue weighted by atomic mass is 19.4. The first-order valence-electron chi connectivity index (χ1n) is 4.72. The van der Waals surface area contributed by atoms with Crippen LogP contribution in [0, 0.1) is 0 Å². The average Bonchev–Trinajstić information content (AvgIpc) is 2.09. The molecule has 2 nitrogen and oxygen atoms in total. The number of rotatable bonds is 6. The Morgan fingerprint density at radius 3 is 2.29 bits per heavy atom. The molecular formula is C9H18F3NO. The summed E-state index contributed by atoms with van der Waals surface area (Å²) in [6.07, 6.45) is -4.87. The quantitative estimate of drug-likeness (QED) is 0.684. The number of likely N-dealkylation sites (N-methyl/N-ethyl adjacent to an activating group) is 1. The first kappa shape index (κ1) is 13.7. The van der Waals surface area contributed by atoms with Gasteiger partial charge in [-0.3, -0.25) is 0 Å². The second kappa shape index (κ2) is 6.24. The van der Waals surface area contributed by atoms with Crippen LogP contribution >= 0.6 is 0 Å². The molecule has 0 aromatic rings. The third-order valence-corrected chi connectivity index (χ3v) is 2.14. The second-order valence-corrected chi connectivity index (χ2v) is 3.37. The lowest BCUT2D eigenvalue weighted by molar-refractivity contribution is -0.138. The Bertz CT molecular complexity index is 149. The van der Waals surface area contributed by atoms with Gasteiger partial charge in [-0.25, -0.2) is 0 Å². The van der Waals surface area contributed by atoms with Gasteiger partial charge in [0.05, 0.1) is 6.10 Å². The molecule has 0 heterocycles. The van der Waals surface area contributed by atoms with Gasteiger partial charge in [-0.2, -0.15) is 13.2 Å². The molecule has 0 amide bonds. The van der Waals surface area contributed by atoms with E-state index in [1.54, 1.807) is 7.05 Å². The van der Waals surface area contributed by atoms with Crippen LogP contribution in [-0.4, -0.2) is 32.0 Å². The smallest absolute Gasteiger partial charge is 0.377 e. The zero-order chi connectivity index (χ0) is 11.2. The molecule has 0 rings (SSSR count). The van der Waals surface area contributed by atoms with Gasteiger partial charge < -0.3 is 10.1 Å². The van der Waals surface area contributed by atoms with Crippen LogP contribution in [-0.2, 0) is 4.74 Å². The van der Waals surface area contributed by atoms with Gasteiger partial charge >= 0.3 is 6.18 Å². The van der Waals surface area contributed by atoms with Gasteiger partial charge in [-0.15, -0.1) is 0 Å². The summed E-state index contributed by atoms with van der Waals surface area (Å²) in [6.45, 7) is 3.93. The van der Waals surface area contributed by atoms with E-state index in [4.69, 9.17) is 4.74 Å². The fourth-order valence-corrected chi connectivity index (χ4v) is 0.921.